The summed E-state index contributed by atoms with van der Waals surface area (Å²) in [6.07, 6.45) is 0. The molecule has 0 heterocycles. The number of hydrogen-bond acceptors (Lipinski definition) is 3. The van der Waals surface area contributed by atoms with Crippen molar-refractivity contribution in [3.8, 4) is 11.5 Å². The molecule has 0 amide bonds. The van der Waals surface area contributed by atoms with Crippen LogP contribution < -0.4 is 10.5 Å². The Morgan fingerprint density at radius 2 is 1.93 bits per heavy atom. The van der Waals surface area contributed by atoms with E-state index in [-0.39, 0.29) is 11.3 Å². The fourth-order valence-corrected chi connectivity index (χ4v) is 1.27. The molecular weight excluding hydrogens is 204 g/mol. The van der Waals surface area contributed by atoms with E-state index in [0.29, 0.717) is 0 Å². The topological polar surface area (TPSA) is 55.5 Å². The minimum absolute atomic E-state index is 0.165. The summed E-state index contributed by atoms with van der Waals surface area (Å²) in [5, 5.41) is 9.04. The lowest BCUT2D eigenvalue weighted by atomic mass is 9.94. The fraction of sp³-hybridized carbons (Fsp3) is 0.400. The van der Waals surface area contributed by atoms with Gasteiger partial charge in [0.25, 0.3) is 0 Å². The third-order valence-corrected chi connectivity index (χ3v) is 2.05. The minimum Gasteiger partial charge on any atom is -0.503 e. The first-order valence-electron chi connectivity index (χ1n) is 4.33. The number of hydrogen-bond donors (Lipinski definition) is 2. The zero-order valence-corrected chi connectivity index (χ0v) is 8.77. The molecule has 0 aromatic heterocycles. The van der Waals surface area contributed by atoms with Crippen molar-refractivity contribution in [3.05, 3.63) is 23.3 Å². The molecule has 3 nitrogen and oxygen atoms in total. The molecule has 84 valence electrons. The van der Waals surface area contributed by atoms with E-state index in [1.54, 1.807) is 13.8 Å². The highest BCUT2D eigenvalue weighted by atomic mass is 19.1. The highest BCUT2D eigenvalue weighted by Crippen LogP contribution is 2.36. The number of aromatic hydroxyl groups is 1. The van der Waals surface area contributed by atoms with Crippen LogP contribution >= 0.6 is 0 Å². The van der Waals surface area contributed by atoms with Gasteiger partial charge in [0, 0.05) is 11.1 Å². The Labute approximate surface area is 86.5 Å². The third kappa shape index (κ3) is 2.02. The molecule has 1 aromatic carbocycles. The maximum atomic E-state index is 13.4. The Balaban J connectivity index is 3.53. The molecule has 0 aliphatic rings. The first kappa shape index (κ1) is 11.7. The Kier molecular flexibility index (Phi) is 2.86. The van der Waals surface area contributed by atoms with E-state index in [1.807, 2.05) is 0 Å². The average molecular weight is 217 g/mol. The molecule has 0 aliphatic heterocycles. The largest absolute Gasteiger partial charge is 0.503 e. The number of halogens is 2. The second-order valence-corrected chi connectivity index (χ2v) is 3.82. The van der Waals surface area contributed by atoms with Crippen LogP contribution in [0.25, 0.3) is 0 Å². The highest BCUT2D eigenvalue weighted by Gasteiger charge is 2.26. The Morgan fingerprint density at radius 1 is 1.40 bits per heavy atom. The zero-order chi connectivity index (χ0) is 11.8. The van der Waals surface area contributed by atoms with Gasteiger partial charge >= 0.3 is 0 Å². The van der Waals surface area contributed by atoms with Gasteiger partial charge in [-0.05, 0) is 19.9 Å². The van der Waals surface area contributed by atoms with E-state index in [0.717, 1.165) is 6.07 Å². The monoisotopic (exact) mass is 217 g/mol. The van der Waals surface area contributed by atoms with Crippen molar-refractivity contribution < 1.29 is 18.6 Å². The number of ether oxygens (including phenoxy) is 1. The summed E-state index contributed by atoms with van der Waals surface area (Å²) in [4.78, 5) is 0. The molecule has 0 spiro atoms. The molecular formula is C10H13F2NO2. The van der Waals surface area contributed by atoms with Crippen LogP contribution in [0, 0.1) is 11.6 Å². The number of phenolic OH excluding ortho intramolecular Hbond substituents is 1. The number of nitrogens with two attached hydrogens (primary N) is 1. The number of phenols is 1. The molecule has 1 rings (SSSR count). The van der Waals surface area contributed by atoms with E-state index in [4.69, 9.17) is 15.6 Å². The molecule has 0 atom stereocenters. The van der Waals surface area contributed by atoms with Crippen molar-refractivity contribution in [2.75, 3.05) is 7.11 Å². The summed E-state index contributed by atoms with van der Waals surface area (Å²) >= 11 is 0. The van der Waals surface area contributed by atoms with Crippen molar-refractivity contribution in [3.63, 3.8) is 0 Å². The lowest BCUT2D eigenvalue weighted by Gasteiger charge is -2.22. The average Bonchev–Trinajstić information content (AvgIpc) is 2.12. The second kappa shape index (κ2) is 3.66. The van der Waals surface area contributed by atoms with Crippen molar-refractivity contribution in [1.82, 2.24) is 0 Å². The number of methoxy groups -OCH3 is 1. The van der Waals surface area contributed by atoms with Gasteiger partial charge in [-0.3, -0.25) is 0 Å². The SMILES string of the molecule is COc1c(C(C)(C)N)cc(F)c(O)c1F. The molecule has 5 heteroatoms. The lowest BCUT2D eigenvalue weighted by Crippen LogP contribution is -2.29. The first-order chi connectivity index (χ1) is 6.79. The summed E-state index contributed by atoms with van der Waals surface area (Å²) in [6, 6.07) is 0.969. The van der Waals surface area contributed by atoms with Crippen LogP contribution in [0.1, 0.15) is 19.4 Å². The molecule has 0 radical (unpaired) electrons. The van der Waals surface area contributed by atoms with Gasteiger partial charge in [0.1, 0.15) is 0 Å². The van der Waals surface area contributed by atoms with Crippen LogP contribution in [0.2, 0.25) is 0 Å². The van der Waals surface area contributed by atoms with E-state index in [9.17, 15) is 8.78 Å². The van der Waals surface area contributed by atoms with Gasteiger partial charge in [-0.15, -0.1) is 0 Å². The predicted molar refractivity (Wildman–Crippen MR) is 51.8 cm³/mol. The molecule has 1 aromatic rings. The number of benzene rings is 1. The molecule has 0 saturated heterocycles. The van der Waals surface area contributed by atoms with Crippen molar-refractivity contribution in [2.45, 2.75) is 19.4 Å². The van der Waals surface area contributed by atoms with Crippen LogP contribution in [0.15, 0.2) is 6.07 Å². The third-order valence-electron chi connectivity index (χ3n) is 2.05. The summed E-state index contributed by atoms with van der Waals surface area (Å²) in [7, 11) is 1.23. The van der Waals surface area contributed by atoms with E-state index in [1.165, 1.54) is 7.11 Å². The molecule has 0 fully saturated rings. The Morgan fingerprint density at radius 3 is 2.33 bits per heavy atom. The van der Waals surface area contributed by atoms with Crippen molar-refractivity contribution in [1.29, 1.82) is 0 Å². The van der Waals surface area contributed by atoms with Gasteiger partial charge in [0.05, 0.1) is 7.11 Å². The van der Waals surface area contributed by atoms with Crippen molar-refractivity contribution >= 4 is 0 Å². The Bertz CT molecular complexity index is 386. The van der Waals surface area contributed by atoms with Gasteiger partial charge in [-0.25, -0.2) is 4.39 Å². The molecule has 0 aliphatic carbocycles. The maximum Gasteiger partial charge on any atom is 0.210 e. The maximum absolute atomic E-state index is 13.4. The molecule has 3 N–H and O–H groups in total. The van der Waals surface area contributed by atoms with Crippen LogP contribution in [0.5, 0.6) is 11.5 Å². The van der Waals surface area contributed by atoms with Gasteiger partial charge in [0.15, 0.2) is 17.3 Å². The smallest absolute Gasteiger partial charge is 0.210 e. The van der Waals surface area contributed by atoms with E-state index in [2.05, 4.69) is 0 Å². The molecule has 0 bridgehead atoms. The number of rotatable bonds is 2. The van der Waals surface area contributed by atoms with Crippen LogP contribution in [0.3, 0.4) is 0 Å². The molecule has 0 saturated carbocycles. The van der Waals surface area contributed by atoms with Crippen LogP contribution in [-0.4, -0.2) is 12.2 Å². The summed E-state index contributed by atoms with van der Waals surface area (Å²) < 4.78 is 31.2. The summed E-state index contributed by atoms with van der Waals surface area (Å²) in [5.74, 6) is -3.48. The quantitative estimate of drug-likeness (QED) is 0.795. The van der Waals surface area contributed by atoms with Gasteiger partial charge in [0.2, 0.25) is 5.82 Å². The zero-order valence-electron chi connectivity index (χ0n) is 8.77. The van der Waals surface area contributed by atoms with E-state index >= 15 is 0 Å². The summed E-state index contributed by atoms with van der Waals surface area (Å²) in [5.41, 5.74) is 4.93. The normalized spacial score (nSPS) is 11.6. The second-order valence-electron chi connectivity index (χ2n) is 3.82. The van der Waals surface area contributed by atoms with Gasteiger partial charge in [-0.2, -0.15) is 4.39 Å². The van der Waals surface area contributed by atoms with Crippen LogP contribution in [0.4, 0.5) is 8.78 Å². The standard InChI is InChI=1S/C10H13F2NO2/c1-10(2,13)5-4-6(11)8(14)7(12)9(5)15-3/h4,14H,13H2,1-3H3. The van der Waals surface area contributed by atoms with Gasteiger partial charge in [-0.1, -0.05) is 0 Å². The highest BCUT2D eigenvalue weighted by molar-refractivity contribution is 5.46. The van der Waals surface area contributed by atoms with E-state index < -0.39 is 22.9 Å². The van der Waals surface area contributed by atoms with Crippen molar-refractivity contribution in [2.24, 2.45) is 5.73 Å². The van der Waals surface area contributed by atoms with Crippen LogP contribution in [-0.2, 0) is 5.54 Å². The first-order valence-corrected chi connectivity index (χ1v) is 4.33. The lowest BCUT2D eigenvalue weighted by molar-refractivity contribution is 0.337. The summed E-state index contributed by atoms with van der Waals surface area (Å²) in [6.45, 7) is 3.17. The predicted octanol–water partition coefficient (Wildman–Crippen LogP) is 1.87. The van der Waals surface area contributed by atoms with Gasteiger partial charge < -0.3 is 15.6 Å². The minimum atomic E-state index is -1.13. The fourth-order valence-electron chi connectivity index (χ4n) is 1.27. The molecule has 0 unspecified atom stereocenters. The Hall–Kier alpha value is -1.36. The molecule has 15 heavy (non-hydrogen) atoms.